The lowest BCUT2D eigenvalue weighted by molar-refractivity contribution is 0.0481. The second-order valence-corrected chi connectivity index (χ2v) is 4.91. The number of rotatable bonds is 6. The van der Waals surface area contributed by atoms with Gasteiger partial charge in [0.05, 0.1) is 18.7 Å². The SMILES string of the molecule is O=C(OCCCOc1ccc(F)cc1)c1n[nH]c2ccccc12. The number of hydrogen-bond donors (Lipinski definition) is 1. The molecule has 2 aromatic carbocycles. The number of carbonyl (C=O) groups excluding carboxylic acids is 1. The van der Waals surface area contributed by atoms with E-state index in [4.69, 9.17) is 9.47 Å². The zero-order chi connectivity index (χ0) is 16.1. The maximum absolute atomic E-state index is 12.7. The Hall–Kier alpha value is -2.89. The second-order valence-electron chi connectivity index (χ2n) is 4.91. The number of carbonyl (C=O) groups is 1. The summed E-state index contributed by atoms with van der Waals surface area (Å²) < 4.78 is 23.4. The molecule has 1 N–H and O–H groups in total. The lowest BCUT2D eigenvalue weighted by Gasteiger charge is -2.06. The van der Waals surface area contributed by atoms with Gasteiger partial charge in [-0.2, -0.15) is 5.10 Å². The van der Waals surface area contributed by atoms with E-state index in [9.17, 15) is 9.18 Å². The van der Waals surface area contributed by atoms with Crippen LogP contribution in [0, 0.1) is 5.82 Å². The van der Waals surface area contributed by atoms with Gasteiger partial charge in [-0.05, 0) is 30.3 Å². The molecule has 1 aromatic heterocycles. The molecule has 5 nitrogen and oxygen atoms in total. The quantitative estimate of drug-likeness (QED) is 0.560. The minimum atomic E-state index is -0.468. The largest absolute Gasteiger partial charge is 0.493 e. The van der Waals surface area contributed by atoms with Crippen LogP contribution < -0.4 is 4.74 Å². The Morgan fingerprint density at radius 1 is 1.09 bits per heavy atom. The van der Waals surface area contributed by atoms with Crippen molar-refractivity contribution in [2.24, 2.45) is 0 Å². The topological polar surface area (TPSA) is 64.2 Å². The van der Waals surface area contributed by atoms with Crippen molar-refractivity contribution in [2.45, 2.75) is 6.42 Å². The van der Waals surface area contributed by atoms with Crippen molar-refractivity contribution in [3.8, 4) is 5.75 Å². The van der Waals surface area contributed by atoms with E-state index < -0.39 is 5.97 Å². The molecule has 3 aromatic rings. The Balaban J connectivity index is 1.45. The van der Waals surface area contributed by atoms with Gasteiger partial charge in [0, 0.05) is 11.8 Å². The van der Waals surface area contributed by atoms with Crippen molar-refractivity contribution in [1.29, 1.82) is 0 Å². The predicted molar refractivity (Wildman–Crippen MR) is 82.9 cm³/mol. The van der Waals surface area contributed by atoms with Crippen LogP contribution in [-0.4, -0.2) is 29.4 Å². The standard InChI is InChI=1S/C17H15FN2O3/c18-12-6-8-13(9-7-12)22-10-3-11-23-17(21)16-14-4-1-2-5-15(14)19-20-16/h1-2,4-9H,3,10-11H2,(H,19,20). The monoisotopic (exact) mass is 314 g/mol. The number of aromatic amines is 1. The lowest BCUT2D eigenvalue weighted by Crippen LogP contribution is -2.10. The summed E-state index contributed by atoms with van der Waals surface area (Å²) in [5.41, 5.74) is 1.07. The molecule has 0 radical (unpaired) electrons. The maximum Gasteiger partial charge on any atom is 0.359 e. The number of H-pyrrole nitrogens is 1. The first-order valence-electron chi connectivity index (χ1n) is 7.22. The van der Waals surface area contributed by atoms with Gasteiger partial charge in [-0.1, -0.05) is 18.2 Å². The molecular weight excluding hydrogens is 299 g/mol. The molecule has 0 fully saturated rings. The molecule has 1 heterocycles. The molecular formula is C17H15FN2O3. The van der Waals surface area contributed by atoms with E-state index in [0.29, 0.717) is 18.8 Å². The van der Waals surface area contributed by atoms with E-state index in [1.54, 1.807) is 12.1 Å². The summed E-state index contributed by atoms with van der Waals surface area (Å²) in [6, 6.07) is 13.1. The molecule has 0 unspecified atom stereocenters. The number of nitrogens with one attached hydrogen (secondary N) is 1. The van der Waals surface area contributed by atoms with E-state index in [1.165, 1.54) is 12.1 Å². The summed E-state index contributed by atoms with van der Waals surface area (Å²) in [5, 5.41) is 7.51. The fourth-order valence-electron chi connectivity index (χ4n) is 2.13. The molecule has 0 amide bonds. The third-order valence-electron chi connectivity index (χ3n) is 3.27. The van der Waals surface area contributed by atoms with Crippen LogP contribution in [0.4, 0.5) is 4.39 Å². The van der Waals surface area contributed by atoms with E-state index in [2.05, 4.69) is 10.2 Å². The van der Waals surface area contributed by atoms with Crippen molar-refractivity contribution in [1.82, 2.24) is 10.2 Å². The van der Waals surface area contributed by atoms with Gasteiger partial charge in [0.25, 0.3) is 0 Å². The van der Waals surface area contributed by atoms with E-state index in [-0.39, 0.29) is 18.1 Å². The summed E-state index contributed by atoms with van der Waals surface area (Å²) in [6.45, 7) is 0.599. The van der Waals surface area contributed by atoms with Gasteiger partial charge in [0.15, 0.2) is 5.69 Å². The molecule has 0 atom stereocenters. The minimum Gasteiger partial charge on any atom is -0.493 e. The molecule has 6 heteroatoms. The van der Waals surface area contributed by atoms with Gasteiger partial charge in [-0.25, -0.2) is 9.18 Å². The van der Waals surface area contributed by atoms with Gasteiger partial charge in [0.2, 0.25) is 0 Å². The van der Waals surface area contributed by atoms with Crippen LogP contribution in [-0.2, 0) is 4.74 Å². The van der Waals surface area contributed by atoms with Gasteiger partial charge < -0.3 is 9.47 Å². The van der Waals surface area contributed by atoms with Crippen LogP contribution >= 0.6 is 0 Å². The molecule has 0 aliphatic rings. The number of ether oxygens (including phenoxy) is 2. The Morgan fingerprint density at radius 2 is 1.87 bits per heavy atom. The Morgan fingerprint density at radius 3 is 2.70 bits per heavy atom. The summed E-state index contributed by atoms with van der Waals surface area (Å²) in [7, 11) is 0. The Kier molecular flexibility index (Phi) is 4.52. The second kappa shape index (κ2) is 6.91. The molecule has 0 spiro atoms. The third kappa shape index (κ3) is 3.66. The number of benzene rings is 2. The average Bonchev–Trinajstić information content (AvgIpc) is 3.00. The summed E-state index contributed by atoms with van der Waals surface area (Å²) in [6.07, 6.45) is 0.533. The van der Waals surface area contributed by atoms with Crippen molar-refractivity contribution >= 4 is 16.9 Å². The molecule has 3 rings (SSSR count). The van der Waals surface area contributed by atoms with Crippen molar-refractivity contribution in [2.75, 3.05) is 13.2 Å². The van der Waals surface area contributed by atoms with Crippen LogP contribution in [0.2, 0.25) is 0 Å². The lowest BCUT2D eigenvalue weighted by atomic mass is 10.2. The third-order valence-corrected chi connectivity index (χ3v) is 3.27. The van der Waals surface area contributed by atoms with Gasteiger partial charge in [-0.3, -0.25) is 5.10 Å². The first kappa shape index (κ1) is 15.0. The van der Waals surface area contributed by atoms with Gasteiger partial charge in [0.1, 0.15) is 11.6 Å². The highest BCUT2D eigenvalue weighted by Gasteiger charge is 2.14. The summed E-state index contributed by atoms with van der Waals surface area (Å²) >= 11 is 0. The highest BCUT2D eigenvalue weighted by atomic mass is 19.1. The molecule has 23 heavy (non-hydrogen) atoms. The zero-order valence-corrected chi connectivity index (χ0v) is 12.3. The number of hydrogen-bond acceptors (Lipinski definition) is 4. The normalized spacial score (nSPS) is 10.7. The smallest absolute Gasteiger partial charge is 0.359 e. The van der Waals surface area contributed by atoms with Crippen LogP contribution in [0.5, 0.6) is 5.75 Å². The first-order valence-corrected chi connectivity index (χ1v) is 7.22. The molecule has 0 saturated heterocycles. The van der Waals surface area contributed by atoms with E-state index in [1.807, 2.05) is 24.3 Å². The predicted octanol–water partition coefficient (Wildman–Crippen LogP) is 3.33. The van der Waals surface area contributed by atoms with Crippen LogP contribution in [0.25, 0.3) is 10.9 Å². The van der Waals surface area contributed by atoms with Crippen molar-refractivity contribution in [3.63, 3.8) is 0 Å². The van der Waals surface area contributed by atoms with Crippen molar-refractivity contribution in [3.05, 3.63) is 60.0 Å². The van der Waals surface area contributed by atoms with Crippen LogP contribution in [0.3, 0.4) is 0 Å². The molecule has 0 aliphatic carbocycles. The number of nitrogens with zero attached hydrogens (tertiary/aromatic N) is 1. The number of aromatic nitrogens is 2. The van der Waals surface area contributed by atoms with Gasteiger partial charge >= 0.3 is 5.97 Å². The fraction of sp³-hybridized carbons (Fsp3) is 0.176. The van der Waals surface area contributed by atoms with Crippen molar-refractivity contribution < 1.29 is 18.7 Å². The van der Waals surface area contributed by atoms with Crippen LogP contribution in [0.1, 0.15) is 16.9 Å². The highest BCUT2D eigenvalue weighted by molar-refractivity contribution is 6.01. The number of para-hydroxylation sites is 1. The molecule has 0 aliphatic heterocycles. The Bertz CT molecular complexity index is 799. The summed E-state index contributed by atoms with van der Waals surface area (Å²) in [4.78, 5) is 12.0. The van der Waals surface area contributed by atoms with Gasteiger partial charge in [-0.15, -0.1) is 0 Å². The highest BCUT2D eigenvalue weighted by Crippen LogP contribution is 2.16. The zero-order valence-electron chi connectivity index (χ0n) is 12.3. The molecule has 0 saturated carbocycles. The fourth-order valence-corrected chi connectivity index (χ4v) is 2.13. The number of halogens is 1. The minimum absolute atomic E-state index is 0.223. The van der Waals surface area contributed by atoms with E-state index >= 15 is 0 Å². The summed E-state index contributed by atoms with van der Waals surface area (Å²) in [5.74, 6) is -0.197. The van der Waals surface area contributed by atoms with Crippen LogP contribution in [0.15, 0.2) is 48.5 Å². The average molecular weight is 314 g/mol. The molecule has 0 bridgehead atoms. The number of fused-ring (bicyclic) bond motifs is 1. The van der Waals surface area contributed by atoms with E-state index in [0.717, 1.165) is 10.9 Å². The number of esters is 1. The molecule has 118 valence electrons. The Labute approximate surface area is 132 Å². The first-order chi connectivity index (χ1) is 11.2. The maximum atomic E-state index is 12.7.